The molecule has 2 amide bonds. The Hall–Kier alpha value is -1.86. The first-order valence-corrected chi connectivity index (χ1v) is 8.15. The van der Waals surface area contributed by atoms with Gasteiger partial charge in [-0.3, -0.25) is 20.4 Å². The number of thiophene rings is 1. The second-order valence-electron chi connectivity index (χ2n) is 4.57. The summed E-state index contributed by atoms with van der Waals surface area (Å²) in [6, 6.07) is 10.7. The Labute approximate surface area is 140 Å². The highest BCUT2D eigenvalue weighted by atomic mass is 79.9. The summed E-state index contributed by atoms with van der Waals surface area (Å²) >= 11 is 4.69. The van der Waals surface area contributed by atoms with E-state index in [1.165, 1.54) is 11.3 Å². The Bertz CT molecular complexity index is 687. The summed E-state index contributed by atoms with van der Waals surface area (Å²) < 4.78 is 6.37. The van der Waals surface area contributed by atoms with Gasteiger partial charge in [0.25, 0.3) is 11.8 Å². The van der Waals surface area contributed by atoms with Gasteiger partial charge in [0.2, 0.25) is 0 Å². The first-order chi connectivity index (χ1) is 10.5. The van der Waals surface area contributed by atoms with E-state index in [-0.39, 0.29) is 5.91 Å². The minimum Gasteiger partial charge on any atom is -0.481 e. The molecule has 2 rings (SSSR count). The number of halogens is 1. The second kappa shape index (κ2) is 7.42. The monoisotopic (exact) mass is 382 g/mol. The molecular weight excluding hydrogens is 368 g/mol. The van der Waals surface area contributed by atoms with E-state index >= 15 is 0 Å². The lowest BCUT2D eigenvalue weighted by atomic mass is 10.3. The van der Waals surface area contributed by atoms with Crippen molar-refractivity contribution in [3.8, 4) is 5.75 Å². The maximum Gasteiger partial charge on any atom is 0.279 e. The van der Waals surface area contributed by atoms with E-state index in [1.807, 2.05) is 25.1 Å². The number of amides is 2. The van der Waals surface area contributed by atoms with Gasteiger partial charge < -0.3 is 4.74 Å². The summed E-state index contributed by atoms with van der Waals surface area (Å²) in [4.78, 5) is 25.3. The molecule has 1 atom stereocenters. The van der Waals surface area contributed by atoms with Crippen LogP contribution in [0.15, 0.2) is 40.9 Å². The van der Waals surface area contributed by atoms with Crippen molar-refractivity contribution in [3.63, 3.8) is 0 Å². The van der Waals surface area contributed by atoms with Gasteiger partial charge in [-0.2, -0.15) is 0 Å². The number of hydrogen-bond acceptors (Lipinski definition) is 4. The summed E-state index contributed by atoms with van der Waals surface area (Å²) in [5.74, 6) is -0.208. The van der Waals surface area contributed by atoms with Crippen molar-refractivity contribution < 1.29 is 14.3 Å². The Morgan fingerprint density at radius 3 is 2.64 bits per heavy atom. The van der Waals surface area contributed by atoms with Gasteiger partial charge in [0, 0.05) is 9.35 Å². The number of hydrazine groups is 1. The molecule has 0 bridgehead atoms. The number of ether oxygens (including phenoxy) is 1. The Kier molecular flexibility index (Phi) is 5.57. The average molecular weight is 383 g/mol. The maximum atomic E-state index is 11.9. The van der Waals surface area contributed by atoms with Crippen LogP contribution in [0.5, 0.6) is 5.75 Å². The van der Waals surface area contributed by atoms with Crippen molar-refractivity contribution in [3.05, 3.63) is 50.6 Å². The largest absolute Gasteiger partial charge is 0.481 e. The summed E-state index contributed by atoms with van der Waals surface area (Å²) in [7, 11) is 0. The predicted molar refractivity (Wildman–Crippen MR) is 88.9 cm³/mol. The van der Waals surface area contributed by atoms with E-state index in [1.54, 1.807) is 25.1 Å². The van der Waals surface area contributed by atoms with Crippen LogP contribution in [0.1, 0.15) is 21.5 Å². The Balaban J connectivity index is 1.85. The van der Waals surface area contributed by atoms with Crippen LogP contribution in [0.4, 0.5) is 0 Å². The number of aryl methyl sites for hydroxylation is 1. The zero-order valence-electron chi connectivity index (χ0n) is 12.1. The molecular formula is C15H15BrN2O3S. The molecule has 116 valence electrons. The van der Waals surface area contributed by atoms with Gasteiger partial charge in [0.15, 0.2) is 6.10 Å². The minimum atomic E-state index is -0.736. The van der Waals surface area contributed by atoms with Crippen LogP contribution in [0.3, 0.4) is 0 Å². The third-order valence-corrected chi connectivity index (χ3v) is 4.23. The third-order valence-electron chi connectivity index (χ3n) is 2.74. The molecule has 22 heavy (non-hydrogen) atoms. The third kappa shape index (κ3) is 4.57. The molecule has 0 fully saturated rings. The lowest BCUT2D eigenvalue weighted by Crippen LogP contribution is -2.47. The van der Waals surface area contributed by atoms with Crippen molar-refractivity contribution in [2.75, 3.05) is 0 Å². The van der Waals surface area contributed by atoms with Crippen LogP contribution in [-0.4, -0.2) is 17.9 Å². The molecule has 0 spiro atoms. The fraction of sp³-hybridized carbons (Fsp3) is 0.200. The number of nitrogens with one attached hydrogen (secondary N) is 2. The number of benzene rings is 1. The van der Waals surface area contributed by atoms with E-state index in [0.717, 1.165) is 9.35 Å². The fourth-order valence-electron chi connectivity index (χ4n) is 1.64. The van der Waals surface area contributed by atoms with Gasteiger partial charge in [-0.25, -0.2) is 0 Å². The lowest BCUT2D eigenvalue weighted by Gasteiger charge is -2.15. The lowest BCUT2D eigenvalue weighted by molar-refractivity contribution is -0.128. The first-order valence-electron chi connectivity index (χ1n) is 6.54. The molecule has 1 aromatic heterocycles. The molecule has 7 heteroatoms. The fourth-order valence-corrected chi connectivity index (χ4v) is 2.78. The van der Waals surface area contributed by atoms with Crippen molar-refractivity contribution in [2.45, 2.75) is 20.0 Å². The molecule has 0 aliphatic carbocycles. The van der Waals surface area contributed by atoms with Crippen LogP contribution in [0, 0.1) is 6.92 Å². The zero-order valence-corrected chi connectivity index (χ0v) is 14.5. The molecule has 0 aliphatic heterocycles. The molecule has 0 saturated carbocycles. The molecule has 2 aromatic rings. The standard InChI is InChI=1S/C15H15BrN2O3S/c1-9-6-7-13(22-9)15(20)18-17-14(19)10(2)21-12-5-3-4-11(16)8-12/h3-8,10H,1-2H3,(H,17,19)(H,18,20). The van der Waals surface area contributed by atoms with Crippen molar-refractivity contribution in [1.82, 2.24) is 10.9 Å². The van der Waals surface area contributed by atoms with E-state index in [4.69, 9.17) is 4.74 Å². The predicted octanol–water partition coefficient (Wildman–Crippen LogP) is 3.05. The minimum absolute atomic E-state index is 0.346. The highest BCUT2D eigenvalue weighted by Crippen LogP contribution is 2.19. The summed E-state index contributed by atoms with van der Waals surface area (Å²) in [6.07, 6.45) is -0.736. The molecule has 1 unspecified atom stereocenters. The Morgan fingerprint density at radius 2 is 2.00 bits per heavy atom. The Morgan fingerprint density at radius 1 is 1.23 bits per heavy atom. The number of carbonyl (C=O) groups excluding carboxylic acids is 2. The summed E-state index contributed by atoms with van der Waals surface area (Å²) in [6.45, 7) is 3.52. The summed E-state index contributed by atoms with van der Waals surface area (Å²) in [5.41, 5.74) is 4.73. The highest BCUT2D eigenvalue weighted by molar-refractivity contribution is 9.10. The van der Waals surface area contributed by atoms with Gasteiger partial charge >= 0.3 is 0 Å². The molecule has 1 heterocycles. The molecule has 1 aromatic carbocycles. The number of carbonyl (C=O) groups is 2. The molecule has 0 radical (unpaired) electrons. The van der Waals surface area contributed by atoms with Crippen LogP contribution in [0.25, 0.3) is 0 Å². The van der Waals surface area contributed by atoms with E-state index in [2.05, 4.69) is 26.8 Å². The van der Waals surface area contributed by atoms with Crippen LogP contribution >= 0.6 is 27.3 Å². The quantitative estimate of drug-likeness (QED) is 0.798. The topological polar surface area (TPSA) is 67.4 Å². The van der Waals surface area contributed by atoms with Crippen molar-refractivity contribution in [1.29, 1.82) is 0 Å². The highest BCUT2D eigenvalue weighted by Gasteiger charge is 2.16. The van der Waals surface area contributed by atoms with E-state index in [0.29, 0.717) is 10.6 Å². The van der Waals surface area contributed by atoms with E-state index < -0.39 is 12.0 Å². The normalized spacial score (nSPS) is 11.6. The van der Waals surface area contributed by atoms with Gasteiger partial charge in [0.1, 0.15) is 5.75 Å². The second-order valence-corrected chi connectivity index (χ2v) is 6.77. The summed E-state index contributed by atoms with van der Waals surface area (Å²) in [5, 5.41) is 0. The van der Waals surface area contributed by atoms with Gasteiger partial charge in [-0.15, -0.1) is 11.3 Å². The number of rotatable bonds is 4. The van der Waals surface area contributed by atoms with Gasteiger partial charge in [0.05, 0.1) is 4.88 Å². The first kappa shape index (κ1) is 16.5. The smallest absolute Gasteiger partial charge is 0.279 e. The molecule has 0 saturated heterocycles. The molecule has 2 N–H and O–H groups in total. The van der Waals surface area contributed by atoms with Crippen LogP contribution < -0.4 is 15.6 Å². The van der Waals surface area contributed by atoms with Crippen molar-refractivity contribution in [2.24, 2.45) is 0 Å². The zero-order chi connectivity index (χ0) is 16.1. The molecule has 0 aliphatic rings. The van der Waals surface area contributed by atoms with Gasteiger partial charge in [-0.05, 0) is 44.2 Å². The number of hydrogen-bond donors (Lipinski definition) is 2. The van der Waals surface area contributed by atoms with Crippen LogP contribution in [0.2, 0.25) is 0 Å². The maximum absolute atomic E-state index is 11.9. The SMILES string of the molecule is Cc1ccc(C(=O)NNC(=O)C(C)Oc2cccc(Br)c2)s1. The molecule has 5 nitrogen and oxygen atoms in total. The van der Waals surface area contributed by atoms with Gasteiger partial charge in [-0.1, -0.05) is 22.0 Å². The average Bonchev–Trinajstić information content (AvgIpc) is 2.91. The van der Waals surface area contributed by atoms with E-state index in [9.17, 15) is 9.59 Å². The van der Waals surface area contributed by atoms with Crippen molar-refractivity contribution >= 4 is 39.1 Å². The van der Waals surface area contributed by atoms with Crippen LogP contribution in [-0.2, 0) is 4.79 Å².